The lowest BCUT2D eigenvalue weighted by Crippen LogP contribution is -2.13. The molecular weight excluding hydrogens is 401 g/mol. The number of hydrogen-bond acceptors (Lipinski definition) is 7. The maximum atomic E-state index is 12.4. The Labute approximate surface area is 152 Å². The topological polar surface area (TPSA) is 81.2 Å². The number of nitrogens with one attached hydrogen (secondary N) is 1. The van der Waals surface area contributed by atoms with Crippen LogP contribution >= 0.6 is 46.3 Å². The summed E-state index contributed by atoms with van der Waals surface area (Å²) in [6, 6.07) is 2.76. The Kier molecular flexibility index (Phi) is 6.38. The molecule has 6 nitrogen and oxygen atoms in total. The van der Waals surface area contributed by atoms with Crippen LogP contribution in [0, 0.1) is 0 Å². The molecule has 1 aromatic heterocycles. The quantitative estimate of drug-likeness (QED) is 0.686. The summed E-state index contributed by atoms with van der Waals surface area (Å²) in [5.74, 6) is 1.19. The molecule has 0 amide bonds. The van der Waals surface area contributed by atoms with Crippen molar-refractivity contribution in [2.45, 2.75) is 22.6 Å². The van der Waals surface area contributed by atoms with Gasteiger partial charge < -0.3 is 4.74 Å². The van der Waals surface area contributed by atoms with Gasteiger partial charge in [0.05, 0.1) is 12.1 Å². The molecule has 0 atom stereocenters. The van der Waals surface area contributed by atoms with Gasteiger partial charge in [-0.1, -0.05) is 53.2 Å². The first kappa shape index (κ1) is 18.6. The van der Waals surface area contributed by atoms with Crippen LogP contribution in [-0.4, -0.2) is 31.5 Å². The number of rotatable bonds is 7. The average Bonchev–Trinajstić information content (AvgIpc) is 2.94. The zero-order valence-electron chi connectivity index (χ0n) is 12.2. The number of aromatic nitrogens is 2. The van der Waals surface area contributed by atoms with Gasteiger partial charge in [0.15, 0.2) is 4.34 Å². The second-order valence-electron chi connectivity index (χ2n) is 4.22. The Hall–Kier alpha value is -0.740. The van der Waals surface area contributed by atoms with E-state index >= 15 is 0 Å². The van der Waals surface area contributed by atoms with E-state index < -0.39 is 10.0 Å². The molecular formula is C12H13Cl2N3O3S3. The van der Waals surface area contributed by atoms with Gasteiger partial charge in [-0.3, -0.25) is 4.72 Å². The Bertz CT molecular complexity index is 796. The van der Waals surface area contributed by atoms with Gasteiger partial charge in [-0.2, -0.15) is 0 Å². The minimum absolute atomic E-state index is 0.0356. The van der Waals surface area contributed by atoms with Gasteiger partial charge in [0, 0.05) is 5.75 Å². The molecule has 1 N–H and O–H groups in total. The molecule has 1 heterocycles. The van der Waals surface area contributed by atoms with Crippen LogP contribution in [0.4, 0.5) is 5.13 Å². The molecule has 11 heteroatoms. The van der Waals surface area contributed by atoms with E-state index in [-0.39, 0.29) is 20.1 Å². The number of anilines is 1. The molecule has 2 rings (SSSR count). The lowest BCUT2D eigenvalue weighted by Gasteiger charge is -2.10. The van der Waals surface area contributed by atoms with Crippen LogP contribution in [0.1, 0.15) is 13.3 Å². The maximum Gasteiger partial charge on any atom is 0.265 e. The second-order valence-corrected chi connectivity index (χ2v) is 8.95. The largest absolute Gasteiger partial charge is 0.495 e. The number of benzene rings is 1. The van der Waals surface area contributed by atoms with Crippen molar-refractivity contribution in [2.75, 3.05) is 17.6 Å². The molecule has 0 bridgehead atoms. The summed E-state index contributed by atoms with van der Waals surface area (Å²) in [5.41, 5.74) is 0. The first-order chi connectivity index (χ1) is 10.9. The number of ether oxygens (including phenoxy) is 1. The van der Waals surface area contributed by atoms with Gasteiger partial charge in [0.25, 0.3) is 10.0 Å². The standard InChI is InChI=1S/C12H13Cl2N3O3S3/c1-3-6-21-12-16-15-11(22-12)17-23(18,19)8-5-4-7(20-2)9(13)10(8)14/h4-5H,3,6H2,1-2H3,(H,15,17). The van der Waals surface area contributed by atoms with Crippen LogP contribution in [0.15, 0.2) is 21.4 Å². The fourth-order valence-corrected chi connectivity index (χ4v) is 5.30. The predicted octanol–water partition coefficient (Wildman–Crippen LogP) is 4.16. The summed E-state index contributed by atoms with van der Waals surface area (Å²) in [7, 11) is -2.50. The van der Waals surface area contributed by atoms with Crippen molar-refractivity contribution in [3.63, 3.8) is 0 Å². The van der Waals surface area contributed by atoms with Crippen molar-refractivity contribution in [3.05, 3.63) is 22.2 Å². The monoisotopic (exact) mass is 413 g/mol. The van der Waals surface area contributed by atoms with E-state index in [1.54, 1.807) is 0 Å². The zero-order chi connectivity index (χ0) is 17.0. The molecule has 0 aliphatic heterocycles. The van der Waals surface area contributed by atoms with Crippen LogP contribution in [-0.2, 0) is 10.0 Å². The third-order valence-corrected chi connectivity index (χ3v) is 7.24. The maximum absolute atomic E-state index is 12.4. The molecule has 23 heavy (non-hydrogen) atoms. The van der Waals surface area contributed by atoms with E-state index in [1.165, 1.54) is 31.0 Å². The summed E-state index contributed by atoms with van der Waals surface area (Å²) in [6.45, 7) is 2.05. The number of nitrogens with zero attached hydrogens (tertiary/aromatic N) is 2. The smallest absolute Gasteiger partial charge is 0.265 e. The number of methoxy groups -OCH3 is 1. The van der Waals surface area contributed by atoms with Gasteiger partial charge >= 0.3 is 0 Å². The molecule has 2 aromatic rings. The molecule has 0 saturated heterocycles. The van der Waals surface area contributed by atoms with Gasteiger partial charge in [-0.05, 0) is 18.6 Å². The number of thioether (sulfide) groups is 1. The molecule has 1 aromatic carbocycles. The molecule has 0 radical (unpaired) electrons. The number of hydrogen-bond donors (Lipinski definition) is 1. The number of sulfonamides is 1. The van der Waals surface area contributed by atoms with E-state index in [9.17, 15) is 8.42 Å². The van der Waals surface area contributed by atoms with Crippen molar-refractivity contribution in [1.82, 2.24) is 10.2 Å². The summed E-state index contributed by atoms with van der Waals surface area (Å²) in [4.78, 5) is -0.150. The molecule has 0 unspecified atom stereocenters. The van der Waals surface area contributed by atoms with Crippen molar-refractivity contribution >= 4 is 61.5 Å². The molecule has 0 aliphatic carbocycles. The van der Waals surface area contributed by atoms with Gasteiger partial charge in [-0.25, -0.2) is 8.42 Å². The highest BCUT2D eigenvalue weighted by Crippen LogP contribution is 2.37. The molecule has 0 spiro atoms. The highest BCUT2D eigenvalue weighted by atomic mass is 35.5. The highest BCUT2D eigenvalue weighted by molar-refractivity contribution is 8.01. The normalized spacial score (nSPS) is 11.5. The third-order valence-electron chi connectivity index (χ3n) is 2.58. The highest BCUT2D eigenvalue weighted by Gasteiger charge is 2.23. The molecule has 0 saturated carbocycles. The summed E-state index contributed by atoms with van der Waals surface area (Å²) in [5, 5.41) is 7.85. The van der Waals surface area contributed by atoms with E-state index in [0.717, 1.165) is 23.5 Å². The van der Waals surface area contributed by atoms with E-state index in [1.807, 2.05) is 6.92 Å². The van der Waals surface area contributed by atoms with E-state index in [0.29, 0.717) is 10.1 Å². The average molecular weight is 414 g/mol. The van der Waals surface area contributed by atoms with Gasteiger partial charge in [-0.15, -0.1) is 10.2 Å². The molecule has 0 aliphatic rings. The van der Waals surface area contributed by atoms with Crippen LogP contribution in [0.5, 0.6) is 5.75 Å². The summed E-state index contributed by atoms with van der Waals surface area (Å²) < 4.78 is 32.9. The van der Waals surface area contributed by atoms with Crippen molar-refractivity contribution in [3.8, 4) is 5.75 Å². The van der Waals surface area contributed by atoms with Crippen LogP contribution in [0.3, 0.4) is 0 Å². The lowest BCUT2D eigenvalue weighted by molar-refractivity contribution is 0.414. The first-order valence-corrected chi connectivity index (χ1v) is 10.4. The summed E-state index contributed by atoms with van der Waals surface area (Å²) in [6.07, 6.45) is 0.991. The number of halogens is 2. The third kappa shape index (κ3) is 4.42. The van der Waals surface area contributed by atoms with Crippen LogP contribution in [0.2, 0.25) is 10.0 Å². The van der Waals surface area contributed by atoms with E-state index in [2.05, 4.69) is 14.9 Å². The predicted molar refractivity (Wildman–Crippen MR) is 94.7 cm³/mol. The summed E-state index contributed by atoms with van der Waals surface area (Å²) >= 11 is 14.7. The fourth-order valence-electron chi connectivity index (χ4n) is 1.55. The van der Waals surface area contributed by atoms with Crippen LogP contribution in [0.25, 0.3) is 0 Å². The minimum atomic E-state index is -3.92. The van der Waals surface area contributed by atoms with Crippen molar-refractivity contribution in [1.29, 1.82) is 0 Å². The SMILES string of the molecule is CCCSc1nnc(NS(=O)(=O)c2ccc(OC)c(Cl)c2Cl)s1. The zero-order valence-corrected chi connectivity index (χ0v) is 16.1. The van der Waals surface area contributed by atoms with Crippen molar-refractivity contribution in [2.24, 2.45) is 0 Å². The van der Waals surface area contributed by atoms with Gasteiger partial charge in [0.1, 0.15) is 15.7 Å². The molecule has 126 valence electrons. The van der Waals surface area contributed by atoms with Gasteiger partial charge in [0.2, 0.25) is 5.13 Å². The van der Waals surface area contributed by atoms with E-state index in [4.69, 9.17) is 27.9 Å². The second kappa shape index (κ2) is 7.89. The van der Waals surface area contributed by atoms with Crippen molar-refractivity contribution < 1.29 is 13.2 Å². The minimum Gasteiger partial charge on any atom is -0.495 e. The first-order valence-electron chi connectivity index (χ1n) is 6.40. The fraction of sp³-hybridized carbons (Fsp3) is 0.333. The Morgan fingerprint density at radius 2 is 2.04 bits per heavy atom. The lowest BCUT2D eigenvalue weighted by atomic mass is 10.3. The Morgan fingerprint density at radius 3 is 2.70 bits per heavy atom. The Morgan fingerprint density at radius 1 is 1.30 bits per heavy atom. The Balaban J connectivity index is 2.25. The molecule has 0 fully saturated rings. The van der Waals surface area contributed by atoms with Crippen LogP contribution < -0.4 is 9.46 Å².